The summed E-state index contributed by atoms with van der Waals surface area (Å²) in [6.07, 6.45) is 1.84. The molecule has 0 aliphatic rings. The molecule has 1 nitrogen and oxygen atoms in total. The van der Waals surface area contributed by atoms with E-state index in [0.29, 0.717) is 5.75 Å². The molecule has 13 heavy (non-hydrogen) atoms. The van der Waals surface area contributed by atoms with Gasteiger partial charge in [-0.15, -0.1) is 0 Å². The summed E-state index contributed by atoms with van der Waals surface area (Å²) in [5, 5.41) is 9.47. The Morgan fingerprint density at radius 2 is 1.92 bits per heavy atom. The number of aliphatic hydroxyl groups is 1. The highest BCUT2D eigenvalue weighted by Crippen LogP contribution is 2.15. The fourth-order valence-electron chi connectivity index (χ4n) is 1.30. The summed E-state index contributed by atoms with van der Waals surface area (Å²) in [6.45, 7) is 2.16. The smallest absolute Gasteiger partial charge is 0.0877 e. The number of aliphatic hydroxyl groups excluding tert-OH is 1. The van der Waals surface area contributed by atoms with Gasteiger partial charge in [0, 0.05) is 5.75 Å². The molecule has 0 heterocycles. The highest BCUT2D eigenvalue weighted by molar-refractivity contribution is 7.80. The second-order valence-electron chi connectivity index (χ2n) is 3.19. The molecule has 1 unspecified atom stereocenters. The van der Waals surface area contributed by atoms with Crippen LogP contribution >= 0.6 is 12.6 Å². The molecule has 0 fully saturated rings. The van der Waals surface area contributed by atoms with Crippen LogP contribution in [0, 0.1) is 0 Å². The van der Waals surface area contributed by atoms with Gasteiger partial charge in [-0.05, 0) is 17.5 Å². The number of hydrogen-bond donors (Lipinski definition) is 2. The van der Waals surface area contributed by atoms with E-state index in [1.807, 2.05) is 12.1 Å². The molecule has 0 bridgehead atoms. The van der Waals surface area contributed by atoms with Gasteiger partial charge < -0.3 is 5.11 Å². The van der Waals surface area contributed by atoms with Gasteiger partial charge in [-0.1, -0.05) is 37.6 Å². The lowest BCUT2D eigenvalue weighted by Gasteiger charge is -2.07. The third-order valence-corrected chi connectivity index (χ3v) is 2.42. The summed E-state index contributed by atoms with van der Waals surface area (Å²) < 4.78 is 0. The maximum Gasteiger partial charge on any atom is 0.0877 e. The molecule has 0 radical (unpaired) electrons. The molecule has 1 aromatic rings. The summed E-state index contributed by atoms with van der Waals surface area (Å²) in [4.78, 5) is 0. The highest BCUT2D eigenvalue weighted by atomic mass is 32.1. The molecular weight excluding hydrogens is 180 g/mol. The third kappa shape index (κ3) is 3.05. The van der Waals surface area contributed by atoms with Crippen LogP contribution in [0.5, 0.6) is 0 Å². The average Bonchev–Trinajstić information content (AvgIpc) is 2.18. The van der Waals surface area contributed by atoms with Crippen molar-refractivity contribution in [2.24, 2.45) is 0 Å². The Kier molecular flexibility index (Phi) is 4.33. The quantitative estimate of drug-likeness (QED) is 0.709. The molecular formula is C11H16OS. The van der Waals surface area contributed by atoms with Gasteiger partial charge in [0.1, 0.15) is 0 Å². The van der Waals surface area contributed by atoms with Gasteiger partial charge in [0.25, 0.3) is 0 Å². The van der Waals surface area contributed by atoms with Crippen LogP contribution in [0.25, 0.3) is 0 Å². The molecule has 0 aliphatic heterocycles. The fourth-order valence-corrected chi connectivity index (χ4v) is 1.51. The van der Waals surface area contributed by atoms with Crippen LogP contribution < -0.4 is 0 Å². The van der Waals surface area contributed by atoms with Gasteiger partial charge in [-0.3, -0.25) is 0 Å². The number of hydrogen-bond acceptors (Lipinski definition) is 2. The average molecular weight is 196 g/mol. The van der Waals surface area contributed by atoms with E-state index in [1.165, 1.54) is 5.56 Å². The van der Waals surface area contributed by atoms with Crippen LogP contribution in [-0.4, -0.2) is 10.9 Å². The summed E-state index contributed by atoms with van der Waals surface area (Å²) in [6, 6.07) is 8.11. The second-order valence-corrected chi connectivity index (χ2v) is 3.56. The molecule has 0 saturated heterocycles. The van der Waals surface area contributed by atoms with Crippen molar-refractivity contribution in [3.8, 4) is 0 Å². The van der Waals surface area contributed by atoms with Crippen molar-refractivity contribution in [2.75, 3.05) is 5.75 Å². The zero-order chi connectivity index (χ0) is 9.68. The predicted molar refractivity (Wildman–Crippen MR) is 59.2 cm³/mol. The minimum atomic E-state index is -0.431. The van der Waals surface area contributed by atoms with Crippen molar-refractivity contribution in [3.05, 3.63) is 35.4 Å². The van der Waals surface area contributed by atoms with E-state index in [1.54, 1.807) is 0 Å². The van der Waals surface area contributed by atoms with E-state index in [9.17, 15) is 5.11 Å². The molecule has 0 aromatic heterocycles. The first-order chi connectivity index (χ1) is 6.27. The first-order valence-electron chi connectivity index (χ1n) is 4.65. The van der Waals surface area contributed by atoms with Gasteiger partial charge in [0.2, 0.25) is 0 Å². The summed E-state index contributed by atoms with van der Waals surface area (Å²) in [7, 11) is 0. The van der Waals surface area contributed by atoms with Gasteiger partial charge >= 0.3 is 0 Å². The van der Waals surface area contributed by atoms with Crippen molar-refractivity contribution in [1.82, 2.24) is 0 Å². The Labute approximate surface area is 85.2 Å². The summed E-state index contributed by atoms with van der Waals surface area (Å²) in [5.41, 5.74) is 2.28. The van der Waals surface area contributed by atoms with Crippen molar-refractivity contribution >= 4 is 12.6 Å². The Hall–Kier alpha value is -0.470. The Balaban J connectivity index is 2.69. The van der Waals surface area contributed by atoms with Gasteiger partial charge in [-0.25, -0.2) is 0 Å². The second kappa shape index (κ2) is 5.30. The maximum absolute atomic E-state index is 9.47. The van der Waals surface area contributed by atoms with Crippen molar-refractivity contribution in [2.45, 2.75) is 25.9 Å². The van der Waals surface area contributed by atoms with Gasteiger partial charge in [0.15, 0.2) is 0 Å². The number of aryl methyl sites for hydroxylation is 1. The Morgan fingerprint density at radius 1 is 1.31 bits per heavy atom. The lowest BCUT2D eigenvalue weighted by atomic mass is 10.1. The molecule has 0 saturated carbocycles. The maximum atomic E-state index is 9.47. The lowest BCUT2D eigenvalue weighted by Crippen LogP contribution is -1.98. The standard InChI is InChI=1S/C11H16OS/c1-2-3-9-4-6-10(7-5-9)11(12)8-13/h4-7,11-13H,2-3,8H2,1H3. The Morgan fingerprint density at radius 3 is 2.38 bits per heavy atom. The third-order valence-electron chi connectivity index (χ3n) is 2.08. The van der Waals surface area contributed by atoms with Crippen molar-refractivity contribution < 1.29 is 5.11 Å². The summed E-state index contributed by atoms with van der Waals surface area (Å²) >= 11 is 4.04. The van der Waals surface area contributed by atoms with Crippen LogP contribution in [0.3, 0.4) is 0 Å². The van der Waals surface area contributed by atoms with Crippen LogP contribution in [0.4, 0.5) is 0 Å². The van der Waals surface area contributed by atoms with Crippen molar-refractivity contribution in [1.29, 1.82) is 0 Å². The molecule has 1 aromatic carbocycles. The highest BCUT2D eigenvalue weighted by Gasteiger charge is 2.03. The topological polar surface area (TPSA) is 20.2 Å². The molecule has 72 valence electrons. The van der Waals surface area contributed by atoms with E-state index in [4.69, 9.17) is 0 Å². The lowest BCUT2D eigenvalue weighted by molar-refractivity contribution is 0.204. The molecule has 0 amide bonds. The molecule has 0 spiro atoms. The van der Waals surface area contributed by atoms with Crippen LogP contribution in [0.2, 0.25) is 0 Å². The molecule has 2 heteroatoms. The normalized spacial score (nSPS) is 12.8. The number of thiol groups is 1. The predicted octanol–water partition coefficient (Wildman–Crippen LogP) is 2.60. The fraction of sp³-hybridized carbons (Fsp3) is 0.455. The SMILES string of the molecule is CCCc1ccc(C(O)CS)cc1. The number of rotatable bonds is 4. The van der Waals surface area contributed by atoms with Crippen LogP contribution in [0.1, 0.15) is 30.6 Å². The van der Waals surface area contributed by atoms with E-state index in [2.05, 4.69) is 31.7 Å². The molecule has 1 rings (SSSR count). The first-order valence-corrected chi connectivity index (χ1v) is 5.29. The Bertz CT molecular complexity index is 243. The molecule has 1 N–H and O–H groups in total. The number of benzene rings is 1. The first kappa shape index (κ1) is 10.6. The molecule has 1 atom stereocenters. The zero-order valence-corrected chi connectivity index (χ0v) is 8.80. The van der Waals surface area contributed by atoms with E-state index in [-0.39, 0.29) is 0 Å². The largest absolute Gasteiger partial charge is 0.388 e. The van der Waals surface area contributed by atoms with E-state index < -0.39 is 6.10 Å². The molecule has 0 aliphatic carbocycles. The van der Waals surface area contributed by atoms with Gasteiger partial charge in [-0.2, -0.15) is 12.6 Å². The summed E-state index contributed by atoms with van der Waals surface area (Å²) in [5.74, 6) is 0.479. The minimum Gasteiger partial charge on any atom is -0.388 e. The van der Waals surface area contributed by atoms with Gasteiger partial charge in [0.05, 0.1) is 6.10 Å². The zero-order valence-electron chi connectivity index (χ0n) is 7.90. The minimum absolute atomic E-state index is 0.431. The monoisotopic (exact) mass is 196 g/mol. The van der Waals surface area contributed by atoms with E-state index in [0.717, 1.165) is 18.4 Å². The van der Waals surface area contributed by atoms with Crippen LogP contribution in [-0.2, 0) is 6.42 Å². The van der Waals surface area contributed by atoms with Crippen molar-refractivity contribution in [3.63, 3.8) is 0 Å². The van der Waals surface area contributed by atoms with Crippen LogP contribution in [0.15, 0.2) is 24.3 Å². The van der Waals surface area contributed by atoms with E-state index >= 15 is 0 Å².